The van der Waals surface area contributed by atoms with Crippen LogP contribution in [-0.4, -0.2) is 74.1 Å². The summed E-state index contributed by atoms with van der Waals surface area (Å²) in [7, 11) is 4.48. The maximum absolute atomic E-state index is 2.69. The van der Waals surface area contributed by atoms with Gasteiger partial charge in [0, 0.05) is 38.8 Å². The van der Waals surface area contributed by atoms with Crippen molar-refractivity contribution in [2.45, 2.75) is 18.9 Å². The average molecular weight is 197 g/mol. The third kappa shape index (κ3) is 2.47. The summed E-state index contributed by atoms with van der Waals surface area (Å²) in [5, 5.41) is 0. The van der Waals surface area contributed by atoms with E-state index >= 15 is 0 Å². The first-order valence-electron chi connectivity index (χ1n) is 5.87. The summed E-state index contributed by atoms with van der Waals surface area (Å²) in [5.41, 5.74) is 0. The molecule has 0 aliphatic carbocycles. The van der Waals surface area contributed by atoms with Crippen LogP contribution < -0.4 is 0 Å². The van der Waals surface area contributed by atoms with Crippen molar-refractivity contribution in [1.29, 1.82) is 0 Å². The molecule has 2 aliphatic rings. The molecule has 14 heavy (non-hydrogen) atoms. The average Bonchev–Trinajstić information content (AvgIpc) is 2.19. The van der Waals surface area contributed by atoms with Crippen molar-refractivity contribution < 1.29 is 0 Å². The van der Waals surface area contributed by atoms with E-state index in [0.717, 1.165) is 6.04 Å². The molecule has 0 bridgehead atoms. The lowest BCUT2D eigenvalue weighted by Gasteiger charge is -2.41. The Hall–Kier alpha value is -0.120. The van der Waals surface area contributed by atoms with Crippen molar-refractivity contribution in [3.8, 4) is 0 Å². The molecule has 0 N–H and O–H groups in total. The summed E-state index contributed by atoms with van der Waals surface area (Å²) in [6, 6.07) is 0.836. The van der Waals surface area contributed by atoms with Gasteiger partial charge in [-0.2, -0.15) is 0 Å². The molecule has 2 aliphatic heterocycles. The van der Waals surface area contributed by atoms with Crippen molar-refractivity contribution in [3.63, 3.8) is 0 Å². The van der Waals surface area contributed by atoms with Gasteiger partial charge in [-0.3, -0.25) is 4.90 Å². The molecule has 0 saturated carbocycles. The number of likely N-dealkylation sites (tertiary alicyclic amines) is 1. The van der Waals surface area contributed by atoms with E-state index < -0.39 is 0 Å². The van der Waals surface area contributed by atoms with Gasteiger partial charge in [-0.05, 0) is 33.5 Å². The van der Waals surface area contributed by atoms with E-state index in [1.807, 2.05) is 0 Å². The predicted molar refractivity (Wildman–Crippen MR) is 59.6 cm³/mol. The summed E-state index contributed by atoms with van der Waals surface area (Å²) < 4.78 is 0. The molecule has 82 valence electrons. The Bertz CT molecular complexity index is 175. The highest BCUT2D eigenvalue weighted by Crippen LogP contribution is 2.15. The van der Waals surface area contributed by atoms with E-state index in [9.17, 15) is 0 Å². The fourth-order valence-corrected chi connectivity index (χ4v) is 2.62. The lowest BCUT2D eigenvalue weighted by atomic mass is 10.0. The quantitative estimate of drug-likeness (QED) is 0.600. The number of hydrogen-bond donors (Lipinski definition) is 0. The first kappa shape index (κ1) is 10.4. The Labute approximate surface area is 87.7 Å². The molecular formula is C11H23N3. The molecule has 0 aromatic carbocycles. The monoisotopic (exact) mass is 197 g/mol. The van der Waals surface area contributed by atoms with Crippen LogP contribution in [0.1, 0.15) is 12.8 Å². The van der Waals surface area contributed by atoms with Gasteiger partial charge in [0.2, 0.25) is 0 Å². The Kier molecular flexibility index (Phi) is 3.42. The molecular weight excluding hydrogens is 174 g/mol. The van der Waals surface area contributed by atoms with Gasteiger partial charge < -0.3 is 9.80 Å². The molecule has 1 unspecified atom stereocenters. The van der Waals surface area contributed by atoms with Gasteiger partial charge in [0.05, 0.1) is 0 Å². The highest BCUT2D eigenvalue weighted by atomic mass is 15.3. The molecule has 2 rings (SSSR count). The molecule has 2 heterocycles. The van der Waals surface area contributed by atoms with Gasteiger partial charge in [-0.15, -0.1) is 0 Å². The van der Waals surface area contributed by atoms with E-state index in [4.69, 9.17) is 0 Å². The third-order valence-corrected chi connectivity index (χ3v) is 3.65. The van der Waals surface area contributed by atoms with Crippen molar-refractivity contribution in [3.05, 3.63) is 0 Å². The van der Waals surface area contributed by atoms with E-state index in [2.05, 4.69) is 28.8 Å². The summed E-state index contributed by atoms with van der Waals surface area (Å²) >= 11 is 0. The molecule has 1 atom stereocenters. The smallest absolute Gasteiger partial charge is 0.0224 e. The normalized spacial score (nSPS) is 33.4. The van der Waals surface area contributed by atoms with E-state index in [0.29, 0.717) is 0 Å². The number of hydrogen-bond acceptors (Lipinski definition) is 3. The lowest BCUT2D eigenvalue weighted by Crippen LogP contribution is -2.53. The van der Waals surface area contributed by atoms with Gasteiger partial charge >= 0.3 is 0 Å². The van der Waals surface area contributed by atoms with E-state index in [1.165, 1.54) is 52.1 Å². The van der Waals surface area contributed by atoms with Gasteiger partial charge in [-0.25, -0.2) is 0 Å². The standard InChI is InChI=1S/C11H23N3/c1-12-6-8-14(9-7-12)11-4-3-5-13(2)10-11/h11H,3-10H2,1-2H3. The Morgan fingerprint density at radius 3 is 2.21 bits per heavy atom. The summed E-state index contributed by atoms with van der Waals surface area (Å²) in [4.78, 5) is 7.60. The largest absolute Gasteiger partial charge is 0.305 e. The molecule has 0 aromatic heterocycles. The topological polar surface area (TPSA) is 9.72 Å². The van der Waals surface area contributed by atoms with Crippen molar-refractivity contribution in [2.75, 3.05) is 53.4 Å². The predicted octanol–water partition coefficient (Wildman–Crippen LogP) is 0.328. The maximum atomic E-state index is 2.69. The minimum Gasteiger partial charge on any atom is -0.305 e. The molecule has 2 fully saturated rings. The second-order valence-electron chi connectivity index (χ2n) is 4.90. The fraction of sp³-hybridized carbons (Fsp3) is 1.00. The number of rotatable bonds is 1. The minimum absolute atomic E-state index is 0.836. The second-order valence-corrected chi connectivity index (χ2v) is 4.90. The number of nitrogens with zero attached hydrogens (tertiary/aromatic N) is 3. The van der Waals surface area contributed by atoms with Crippen LogP contribution >= 0.6 is 0 Å². The van der Waals surface area contributed by atoms with Crippen molar-refractivity contribution in [1.82, 2.24) is 14.7 Å². The molecule has 2 saturated heterocycles. The van der Waals surface area contributed by atoms with E-state index in [-0.39, 0.29) is 0 Å². The van der Waals surface area contributed by atoms with E-state index in [1.54, 1.807) is 0 Å². The summed E-state index contributed by atoms with van der Waals surface area (Å²) in [5.74, 6) is 0. The number of piperazine rings is 1. The van der Waals surface area contributed by atoms with Gasteiger partial charge in [0.25, 0.3) is 0 Å². The summed E-state index contributed by atoms with van der Waals surface area (Å²) in [6.07, 6.45) is 2.79. The minimum atomic E-state index is 0.836. The van der Waals surface area contributed by atoms with Crippen LogP contribution in [0.2, 0.25) is 0 Å². The highest BCUT2D eigenvalue weighted by Gasteiger charge is 2.25. The fourth-order valence-electron chi connectivity index (χ4n) is 2.62. The number of piperidine rings is 1. The Morgan fingerprint density at radius 2 is 1.57 bits per heavy atom. The Morgan fingerprint density at radius 1 is 0.857 bits per heavy atom. The zero-order chi connectivity index (χ0) is 9.97. The zero-order valence-corrected chi connectivity index (χ0v) is 9.58. The first-order chi connectivity index (χ1) is 6.75. The number of likely N-dealkylation sites (N-methyl/N-ethyl adjacent to an activating group) is 2. The maximum Gasteiger partial charge on any atom is 0.0224 e. The molecule has 0 spiro atoms. The molecule has 0 aromatic rings. The highest BCUT2D eigenvalue weighted by molar-refractivity contribution is 4.82. The van der Waals surface area contributed by atoms with Gasteiger partial charge in [0.15, 0.2) is 0 Å². The zero-order valence-electron chi connectivity index (χ0n) is 9.58. The second kappa shape index (κ2) is 4.60. The molecule has 3 heteroatoms. The van der Waals surface area contributed by atoms with Crippen LogP contribution in [0.25, 0.3) is 0 Å². The van der Waals surface area contributed by atoms with Gasteiger partial charge in [-0.1, -0.05) is 0 Å². The Balaban J connectivity index is 1.82. The van der Waals surface area contributed by atoms with Crippen LogP contribution in [-0.2, 0) is 0 Å². The molecule has 3 nitrogen and oxygen atoms in total. The van der Waals surface area contributed by atoms with Gasteiger partial charge in [0.1, 0.15) is 0 Å². The van der Waals surface area contributed by atoms with Crippen LogP contribution in [0, 0.1) is 0 Å². The van der Waals surface area contributed by atoms with Crippen LogP contribution in [0.4, 0.5) is 0 Å². The van der Waals surface area contributed by atoms with Crippen molar-refractivity contribution in [2.24, 2.45) is 0 Å². The van der Waals surface area contributed by atoms with Crippen molar-refractivity contribution >= 4 is 0 Å². The van der Waals surface area contributed by atoms with Crippen LogP contribution in [0.15, 0.2) is 0 Å². The third-order valence-electron chi connectivity index (χ3n) is 3.65. The molecule has 0 amide bonds. The van der Waals surface area contributed by atoms with Crippen LogP contribution in [0.3, 0.4) is 0 Å². The SMILES string of the molecule is CN1CCN(C2CCCN(C)C2)CC1. The van der Waals surface area contributed by atoms with Crippen LogP contribution in [0.5, 0.6) is 0 Å². The summed E-state index contributed by atoms with van der Waals surface area (Å²) in [6.45, 7) is 7.62. The molecule has 0 radical (unpaired) electrons. The lowest BCUT2D eigenvalue weighted by molar-refractivity contribution is 0.0684. The first-order valence-corrected chi connectivity index (χ1v) is 5.87.